The molecule has 150 valence electrons. The molecule has 1 unspecified atom stereocenters. The second kappa shape index (κ2) is 15.2. The lowest BCUT2D eigenvalue weighted by Crippen LogP contribution is -2.13. The van der Waals surface area contributed by atoms with Crippen LogP contribution in [0.4, 0.5) is 0 Å². The number of rotatable bonds is 14. The number of unbranched alkanes of at least 4 members (excludes halogenated alkanes) is 5. The van der Waals surface area contributed by atoms with E-state index in [1.165, 1.54) is 37.3 Å². The number of carbonyl (C=O) groups is 1. The molecular weight excluding hydrogens is 336 g/mol. The van der Waals surface area contributed by atoms with Crippen LogP contribution in [0.1, 0.15) is 76.3 Å². The molecule has 1 aromatic rings. The normalized spacial score (nSPS) is 12.7. The van der Waals surface area contributed by atoms with Gasteiger partial charge in [0.25, 0.3) is 0 Å². The van der Waals surface area contributed by atoms with E-state index in [1.54, 1.807) is 0 Å². The van der Waals surface area contributed by atoms with Crippen molar-refractivity contribution in [3.05, 3.63) is 53.6 Å². The molecule has 0 aliphatic rings. The van der Waals surface area contributed by atoms with Crippen LogP contribution >= 0.6 is 0 Å². The minimum atomic E-state index is -0.225. The Morgan fingerprint density at radius 1 is 1.07 bits per heavy atom. The number of allylic oxidation sites excluding steroid dienone is 2. The smallest absolute Gasteiger partial charge is 0.303 e. The Kier molecular flexibility index (Phi) is 13.1. The van der Waals surface area contributed by atoms with Gasteiger partial charge in [0.2, 0.25) is 0 Å². The van der Waals surface area contributed by atoms with E-state index in [-0.39, 0.29) is 18.7 Å². The third kappa shape index (κ3) is 11.4. The minimum absolute atomic E-state index is 0.141. The van der Waals surface area contributed by atoms with Gasteiger partial charge in [-0.15, -0.1) is 0 Å². The maximum atomic E-state index is 11.3. The number of hydrogen-bond acceptors (Lipinski definition) is 3. The van der Waals surface area contributed by atoms with E-state index in [4.69, 9.17) is 9.84 Å². The van der Waals surface area contributed by atoms with E-state index in [0.29, 0.717) is 0 Å². The number of hydrogen-bond donors (Lipinski definition) is 1. The Morgan fingerprint density at radius 3 is 2.59 bits per heavy atom. The quantitative estimate of drug-likeness (QED) is 0.253. The summed E-state index contributed by atoms with van der Waals surface area (Å²) in [6.07, 6.45) is 17.6. The van der Waals surface area contributed by atoms with Gasteiger partial charge < -0.3 is 9.84 Å². The van der Waals surface area contributed by atoms with Gasteiger partial charge in [-0.3, -0.25) is 4.79 Å². The predicted molar refractivity (Wildman–Crippen MR) is 114 cm³/mol. The Labute approximate surface area is 165 Å². The fraction of sp³-hybridized carbons (Fsp3) is 0.542. The van der Waals surface area contributed by atoms with Gasteiger partial charge in [0.05, 0.1) is 0 Å². The van der Waals surface area contributed by atoms with Gasteiger partial charge in [-0.25, -0.2) is 0 Å². The molecule has 1 rings (SSSR count). The molecule has 0 radical (unpaired) electrons. The third-order valence-electron chi connectivity index (χ3n) is 4.53. The van der Waals surface area contributed by atoms with Crippen molar-refractivity contribution in [2.75, 3.05) is 6.61 Å². The van der Waals surface area contributed by atoms with Crippen LogP contribution in [0.25, 0.3) is 6.08 Å². The highest BCUT2D eigenvalue weighted by molar-refractivity contribution is 5.66. The molecule has 1 atom stereocenters. The molecule has 0 bridgehead atoms. The van der Waals surface area contributed by atoms with Crippen LogP contribution in [0.15, 0.2) is 42.5 Å². The summed E-state index contributed by atoms with van der Waals surface area (Å²) in [6.45, 7) is 3.93. The molecule has 0 amide bonds. The summed E-state index contributed by atoms with van der Waals surface area (Å²) in [5.74, 6) is -0.225. The number of ether oxygens (including phenoxy) is 1. The highest BCUT2D eigenvalue weighted by Crippen LogP contribution is 2.15. The van der Waals surface area contributed by atoms with Gasteiger partial charge >= 0.3 is 5.97 Å². The van der Waals surface area contributed by atoms with Crippen molar-refractivity contribution >= 4 is 12.0 Å². The third-order valence-corrected chi connectivity index (χ3v) is 4.53. The number of benzene rings is 1. The van der Waals surface area contributed by atoms with Gasteiger partial charge in [-0.1, -0.05) is 75.1 Å². The second-order valence-electron chi connectivity index (χ2n) is 6.97. The molecule has 0 spiro atoms. The molecular formula is C24H36O3. The molecule has 0 heterocycles. The van der Waals surface area contributed by atoms with Crippen LogP contribution in [-0.4, -0.2) is 23.8 Å². The Morgan fingerprint density at radius 2 is 1.85 bits per heavy atom. The first kappa shape index (κ1) is 23.2. The largest absolute Gasteiger partial charge is 0.458 e. The highest BCUT2D eigenvalue weighted by Gasteiger charge is 2.07. The van der Waals surface area contributed by atoms with E-state index < -0.39 is 0 Å². The fourth-order valence-electron chi connectivity index (χ4n) is 3.06. The van der Waals surface area contributed by atoms with Crippen molar-refractivity contribution in [1.82, 2.24) is 0 Å². The van der Waals surface area contributed by atoms with Crippen LogP contribution in [-0.2, 0) is 16.0 Å². The van der Waals surface area contributed by atoms with Crippen molar-refractivity contribution < 1.29 is 14.6 Å². The first-order chi connectivity index (χ1) is 13.2. The molecule has 27 heavy (non-hydrogen) atoms. The van der Waals surface area contributed by atoms with Crippen LogP contribution < -0.4 is 0 Å². The number of esters is 1. The summed E-state index contributed by atoms with van der Waals surface area (Å²) in [6, 6.07) is 8.41. The summed E-state index contributed by atoms with van der Waals surface area (Å²) in [5, 5.41) is 8.89. The average molecular weight is 373 g/mol. The van der Waals surface area contributed by atoms with E-state index in [1.807, 2.05) is 18.2 Å². The maximum Gasteiger partial charge on any atom is 0.303 e. The summed E-state index contributed by atoms with van der Waals surface area (Å²) in [5.41, 5.74) is 2.55. The molecule has 3 nitrogen and oxygen atoms in total. The summed E-state index contributed by atoms with van der Waals surface area (Å²) < 4.78 is 5.40. The van der Waals surface area contributed by atoms with Gasteiger partial charge in [-0.2, -0.15) is 0 Å². The lowest BCUT2D eigenvalue weighted by atomic mass is 10.0. The molecule has 0 aliphatic heterocycles. The first-order valence-electron chi connectivity index (χ1n) is 10.4. The molecule has 3 heteroatoms. The monoisotopic (exact) mass is 372 g/mol. The van der Waals surface area contributed by atoms with Crippen molar-refractivity contribution in [3.63, 3.8) is 0 Å². The Bertz CT molecular complexity index is 575. The second-order valence-corrected chi connectivity index (χ2v) is 6.97. The lowest BCUT2D eigenvalue weighted by molar-refractivity contribution is -0.144. The Hall–Kier alpha value is -1.87. The molecule has 1 N–H and O–H groups in total. The van der Waals surface area contributed by atoms with Gasteiger partial charge in [0.15, 0.2) is 0 Å². The van der Waals surface area contributed by atoms with Crippen molar-refractivity contribution in [2.24, 2.45) is 0 Å². The van der Waals surface area contributed by atoms with Gasteiger partial charge in [0.1, 0.15) is 6.10 Å². The van der Waals surface area contributed by atoms with Crippen molar-refractivity contribution in [3.8, 4) is 0 Å². The lowest BCUT2D eigenvalue weighted by Gasteiger charge is -2.12. The zero-order valence-electron chi connectivity index (χ0n) is 17.0. The number of carbonyl (C=O) groups excluding carboxylic acids is 1. The maximum absolute atomic E-state index is 11.3. The van der Waals surface area contributed by atoms with Crippen molar-refractivity contribution in [2.45, 2.75) is 77.7 Å². The van der Waals surface area contributed by atoms with Crippen LogP contribution in [0.5, 0.6) is 0 Å². The zero-order valence-corrected chi connectivity index (χ0v) is 17.0. The average Bonchev–Trinajstić information content (AvgIpc) is 2.66. The molecule has 0 fully saturated rings. The molecule has 0 aromatic heterocycles. The first-order valence-corrected chi connectivity index (χ1v) is 10.4. The van der Waals surface area contributed by atoms with E-state index >= 15 is 0 Å². The van der Waals surface area contributed by atoms with Crippen LogP contribution in [0.2, 0.25) is 0 Å². The fourth-order valence-corrected chi connectivity index (χ4v) is 3.06. The molecule has 0 saturated heterocycles. The van der Waals surface area contributed by atoms with E-state index in [2.05, 4.69) is 37.3 Å². The van der Waals surface area contributed by atoms with Gasteiger partial charge in [0, 0.05) is 13.5 Å². The minimum Gasteiger partial charge on any atom is -0.458 e. The predicted octanol–water partition coefficient (Wildman–Crippen LogP) is 5.86. The molecule has 1 aromatic carbocycles. The van der Waals surface area contributed by atoms with E-state index in [9.17, 15) is 4.79 Å². The summed E-state index contributed by atoms with van der Waals surface area (Å²) in [4.78, 5) is 11.3. The standard InChI is InChI=1S/C24H36O3/c1-3-4-5-8-18-24(27-21(2)26)19-12-11-17-23-16-10-9-15-22(23)14-7-6-13-20-25/h9-12,15-17,19,24-25H,3-8,13-14,18,20H2,1-2H3/b17-11+,19-12+. The van der Waals surface area contributed by atoms with Crippen molar-refractivity contribution in [1.29, 1.82) is 0 Å². The zero-order chi connectivity index (χ0) is 19.7. The molecule has 0 aliphatic carbocycles. The van der Waals surface area contributed by atoms with Gasteiger partial charge in [-0.05, 0) is 49.3 Å². The summed E-state index contributed by atoms with van der Waals surface area (Å²) >= 11 is 0. The van der Waals surface area contributed by atoms with E-state index in [0.717, 1.165) is 38.5 Å². The topological polar surface area (TPSA) is 46.5 Å². The van der Waals surface area contributed by atoms with Crippen LogP contribution in [0.3, 0.4) is 0 Å². The SMILES string of the molecule is CCCCCCC(/C=C/C=C/c1ccccc1CCCCCO)OC(C)=O. The number of aliphatic hydroxyl groups is 1. The van der Waals surface area contributed by atoms with Crippen LogP contribution in [0, 0.1) is 0 Å². The summed E-state index contributed by atoms with van der Waals surface area (Å²) in [7, 11) is 0. The Balaban J connectivity index is 2.59. The highest BCUT2D eigenvalue weighted by atomic mass is 16.5. The number of aliphatic hydroxyl groups excluding tert-OH is 1. The number of aryl methyl sites for hydroxylation is 1. The molecule has 0 saturated carbocycles.